The van der Waals surface area contributed by atoms with Gasteiger partial charge in [-0.05, 0) is 30.4 Å². The normalized spacial score (nSPS) is 13.8. The lowest BCUT2D eigenvalue weighted by molar-refractivity contribution is 0.0944. The van der Waals surface area contributed by atoms with Crippen molar-refractivity contribution in [1.29, 1.82) is 0 Å². The van der Waals surface area contributed by atoms with E-state index in [2.05, 4.69) is 15.4 Å². The van der Waals surface area contributed by atoms with Gasteiger partial charge in [0.15, 0.2) is 5.56 Å². The average molecular weight is 433 g/mol. The molecule has 3 aromatic heterocycles. The zero-order valence-electron chi connectivity index (χ0n) is 17.0. The van der Waals surface area contributed by atoms with Crippen LogP contribution in [0.1, 0.15) is 44.0 Å². The molecule has 0 atom stereocenters. The molecule has 1 saturated carbocycles. The van der Waals surface area contributed by atoms with Crippen molar-refractivity contribution in [2.75, 3.05) is 5.73 Å². The Morgan fingerprint density at radius 2 is 2.00 bits per heavy atom. The third-order valence-corrected chi connectivity index (χ3v) is 4.66. The third-order valence-electron chi connectivity index (χ3n) is 4.66. The maximum absolute atomic E-state index is 13.2. The molecule has 30 heavy (non-hydrogen) atoms. The van der Waals surface area contributed by atoms with Gasteiger partial charge in [-0.3, -0.25) is 14.2 Å². The highest BCUT2D eigenvalue weighted by Gasteiger charge is 2.30. The number of anilines is 1. The summed E-state index contributed by atoms with van der Waals surface area (Å²) in [4.78, 5) is 30.1. The van der Waals surface area contributed by atoms with E-state index >= 15 is 0 Å². The van der Waals surface area contributed by atoms with Crippen molar-refractivity contribution in [1.82, 2.24) is 24.5 Å². The van der Waals surface area contributed by atoms with E-state index in [1.165, 1.54) is 9.08 Å². The fraction of sp³-hybridized carbons (Fsp3) is 0.400. The van der Waals surface area contributed by atoms with Crippen LogP contribution in [0.5, 0.6) is 5.88 Å². The molecule has 4 rings (SSSR count). The number of aromatic nitrogens is 4. The molecular formula is C20H25ClN6O3. The lowest BCUT2D eigenvalue weighted by atomic mass is 9.97. The Morgan fingerprint density at radius 1 is 1.30 bits per heavy atom. The zero-order chi connectivity index (χ0) is 20.9. The number of carbonyl (C=O) groups excluding carboxylic acids is 1. The highest BCUT2D eigenvalue weighted by atomic mass is 35.5. The topological polar surface area (TPSA) is 128 Å². The van der Waals surface area contributed by atoms with Gasteiger partial charge in [0.05, 0.1) is 5.69 Å². The molecule has 0 bridgehead atoms. The van der Waals surface area contributed by atoms with Crippen LogP contribution in [0.3, 0.4) is 0 Å². The van der Waals surface area contributed by atoms with Crippen LogP contribution in [-0.2, 0) is 6.54 Å². The van der Waals surface area contributed by atoms with Gasteiger partial charge in [-0.1, -0.05) is 26.8 Å². The Kier molecular flexibility index (Phi) is 5.51. The minimum atomic E-state index is -0.585. The summed E-state index contributed by atoms with van der Waals surface area (Å²) in [7, 11) is 0. The average Bonchev–Trinajstić information content (AvgIpc) is 3.31. The Balaban J connectivity index is 0.00000256. The molecule has 0 aliphatic heterocycles. The van der Waals surface area contributed by atoms with E-state index in [1.54, 1.807) is 24.3 Å². The van der Waals surface area contributed by atoms with E-state index in [0.717, 1.165) is 12.8 Å². The van der Waals surface area contributed by atoms with Gasteiger partial charge in [0.25, 0.3) is 11.5 Å². The van der Waals surface area contributed by atoms with Crippen LogP contribution in [0.15, 0.2) is 29.1 Å². The first-order chi connectivity index (χ1) is 13.6. The van der Waals surface area contributed by atoms with Crippen molar-refractivity contribution in [3.05, 3.63) is 40.2 Å². The summed E-state index contributed by atoms with van der Waals surface area (Å²) in [5, 5.41) is 17.9. The van der Waals surface area contributed by atoms with E-state index in [4.69, 9.17) is 5.73 Å². The molecule has 0 spiro atoms. The van der Waals surface area contributed by atoms with Gasteiger partial charge in [0.2, 0.25) is 5.88 Å². The maximum atomic E-state index is 13.2. The number of aromatic hydroxyl groups is 1. The molecule has 3 aromatic rings. The number of amides is 1. The van der Waals surface area contributed by atoms with Gasteiger partial charge in [0, 0.05) is 18.7 Å². The van der Waals surface area contributed by atoms with Crippen molar-refractivity contribution >= 4 is 29.8 Å². The lowest BCUT2D eigenvalue weighted by Crippen LogP contribution is -2.37. The molecule has 3 heterocycles. The van der Waals surface area contributed by atoms with E-state index in [9.17, 15) is 14.7 Å². The minimum Gasteiger partial charge on any atom is -0.492 e. The molecular weight excluding hydrogens is 408 g/mol. The molecule has 0 unspecified atom stereocenters. The number of hydrogen-bond acceptors (Lipinski definition) is 6. The Labute approximate surface area is 179 Å². The Bertz CT molecular complexity index is 1170. The predicted octanol–water partition coefficient (Wildman–Crippen LogP) is 2.21. The van der Waals surface area contributed by atoms with Crippen molar-refractivity contribution in [3.63, 3.8) is 0 Å². The van der Waals surface area contributed by atoms with E-state index < -0.39 is 17.3 Å². The monoisotopic (exact) mass is 432 g/mol. The number of nitrogens with two attached hydrogens (primary N) is 1. The first-order valence-corrected chi connectivity index (χ1v) is 9.53. The molecule has 1 amide bonds. The smallest absolute Gasteiger partial charge is 0.270 e. The summed E-state index contributed by atoms with van der Waals surface area (Å²) in [6.07, 6.45) is 1.75. The highest BCUT2D eigenvalue weighted by molar-refractivity contribution is 5.96. The molecule has 160 valence electrons. The molecule has 1 fully saturated rings. The van der Waals surface area contributed by atoms with E-state index in [0.29, 0.717) is 29.4 Å². The van der Waals surface area contributed by atoms with Crippen molar-refractivity contribution in [3.8, 4) is 17.3 Å². The van der Waals surface area contributed by atoms with Crippen LogP contribution in [-0.4, -0.2) is 36.2 Å². The minimum absolute atomic E-state index is 0. The third kappa shape index (κ3) is 4.11. The Hall–Kier alpha value is -3.07. The number of nitrogens with zero attached hydrogens (tertiary/aromatic N) is 4. The van der Waals surface area contributed by atoms with Crippen molar-refractivity contribution in [2.24, 2.45) is 5.41 Å². The summed E-state index contributed by atoms with van der Waals surface area (Å²) >= 11 is 0. The number of nitrogen functional groups attached to an aromatic ring is 1. The van der Waals surface area contributed by atoms with Crippen molar-refractivity contribution in [2.45, 2.75) is 46.2 Å². The molecule has 0 saturated heterocycles. The van der Waals surface area contributed by atoms with Gasteiger partial charge in [-0.15, -0.1) is 12.4 Å². The molecule has 10 heteroatoms. The summed E-state index contributed by atoms with van der Waals surface area (Å²) in [5.74, 6) is -0.734. The van der Waals surface area contributed by atoms with Gasteiger partial charge < -0.3 is 16.2 Å². The van der Waals surface area contributed by atoms with Gasteiger partial charge in [-0.25, -0.2) is 4.98 Å². The number of rotatable bonds is 4. The first kappa shape index (κ1) is 21.6. The number of pyridine rings is 1. The van der Waals surface area contributed by atoms with Crippen LogP contribution in [0.4, 0.5) is 5.82 Å². The van der Waals surface area contributed by atoms with Crippen molar-refractivity contribution < 1.29 is 9.90 Å². The summed E-state index contributed by atoms with van der Waals surface area (Å²) in [6, 6.07) is 6.86. The van der Waals surface area contributed by atoms with Gasteiger partial charge in [0.1, 0.15) is 17.2 Å². The quantitative estimate of drug-likeness (QED) is 0.579. The molecule has 0 radical (unpaired) electrons. The van der Waals surface area contributed by atoms with E-state index in [-0.39, 0.29) is 29.4 Å². The number of fused-ring (bicyclic) bond motifs is 1. The SMILES string of the molecule is CC(C)(C)Cn1c(=O)c(C(=O)NC2CC2)c(O)n2nc(-c3cccc(N)n3)cc12.Cl. The van der Waals surface area contributed by atoms with Crippen LogP contribution < -0.4 is 16.6 Å². The van der Waals surface area contributed by atoms with Gasteiger partial charge >= 0.3 is 0 Å². The van der Waals surface area contributed by atoms with Crippen LogP contribution in [0.2, 0.25) is 0 Å². The molecule has 4 N–H and O–H groups in total. The van der Waals surface area contributed by atoms with Crippen LogP contribution in [0, 0.1) is 5.41 Å². The second-order valence-corrected chi connectivity index (χ2v) is 8.65. The van der Waals surface area contributed by atoms with Crippen LogP contribution in [0.25, 0.3) is 17.0 Å². The fourth-order valence-corrected chi connectivity index (χ4v) is 3.19. The Morgan fingerprint density at radius 3 is 2.60 bits per heavy atom. The number of halogens is 1. The molecule has 0 aromatic carbocycles. The lowest BCUT2D eigenvalue weighted by Gasteiger charge is -2.21. The molecule has 9 nitrogen and oxygen atoms in total. The summed E-state index contributed by atoms with van der Waals surface area (Å²) in [5.41, 5.74) is 6.00. The summed E-state index contributed by atoms with van der Waals surface area (Å²) < 4.78 is 2.69. The maximum Gasteiger partial charge on any atom is 0.270 e. The second kappa shape index (κ2) is 7.64. The predicted molar refractivity (Wildman–Crippen MR) is 116 cm³/mol. The number of carbonyl (C=O) groups is 1. The zero-order valence-corrected chi connectivity index (χ0v) is 17.9. The van der Waals surface area contributed by atoms with E-state index in [1.807, 2.05) is 20.8 Å². The standard InChI is InChI=1S/C20H24N6O3.ClH/c1-20(2,3)10-25-15-9-13(12-5-4-6-14(21)23-12)24-26(15)19(29)16(18(25)28)17(27)22-11-7-8-11;/h4-6,9,11,29H,7-8,10H2,1-3H3,(H2,21,23)(H,22,27);1H. The first-order valence-electron chi connectivity index (χ1n) is 9.53. The van der Waals surface area contributed by atoms with Crippen LogP contribution >= 0.6 is 12.4 Å². The molecule has 1 aliphatic rings. The highest BCUT2D eigenvalue weighted by Crippen LogP contribution is 2.26. The molecule has 1 aliphatic carbocycles. The summed E-state index contributed by atoms with van der Waals surface area (Å²) in [6.45, 7) is 6.31. The second-order valence-electron chi connectivity index (χ2n) is 8.65. The number of hydrogen-bond donors (Lipinski definition) is 3. The van der Waals surface area contributed by atoms with Gasteiger partial charge in [-0.2, -0.15) is 9.61 Å². The number of nitrogens with one attached hydrogen (secondary N) is 1. The fourth-order valence-electron chi connectivity index (χ4n) is 3.19. The largest absolute Gasteiger partial charge is 0.492 e.